The van der Waals surface area contributed by atoms with Gasteiger partial charge in [0.15, 0.2) is 0 Å². The van der Waals surface area contributed by atoms with Gasteiger partial charge in [-0.1, -0.05) is 23.7 Å². The number of nitrogens with zero attached hydrogens (tertiary/aromatic N) is 4. The molecule has 2 aromatic rings. The summed E-state index contributed by atoms with van der Waals surface area (Å²) in [6.45, 7) is 5.34. The van der Waals surface area contributed by atoms with E-state index in [1.54, 1.807) is 12.4 Å². The van der Waals surface area contributed by atoms with Crippen molar-refractivity contribution in [2.45, 2.75) is 18.9 Å². The summed E-state index contributed by atoms with van der Waals surface area (Å²) in [5, 5.41) is 3.93. The van der Waals surface area contributed by atoms with Crippen LogP contribution in [0.25, 0.3) is 0 Å². The Balaban J connectivity index is 1.34. The third kappa shape index (κ3) is 5.28. The second-order valence-corrected chi connectivity index (χ2v) is 8.21. The second kappa shape index (κ2) is 10.2. The fourth-order valence-electron chi connectivity index (χ4n) is 4.17. The third-order valence-corrected chi connectivity index (χ3v) is 6.16. The number of aromatic nitrogens is 2. The fourth-order valence-corrected chi connectivity index (χ4v) is 4.30. The molecule has 1 aromatic carbocycles. The van der Waals surface area contributed by atoms with Gasteiger partial charge < -0.3 is 15.0 Å². The van der Waals surface area contributed by atoms with Crippen LogP contribution in [0.15, 0.2) is 42.7 Å². The molecule has 30 heavy (non-hydrogen) atoms. The molecule has 8 heteroatoms. The molecule has 2 aliphatic heterocycles. The zero-order valence-electron chi connectivity index (χ0n) is 17.0. The van der Waals surface area contributed by atoms with Crippen LogP contribution in [0.1, 0.15) is 24.4 Å². The Kier molecular flexibility index (Phi) is 7.15. The van der Waals surface area contributed by atoms with Crippen LogP contribution < -0.4 is 10.2 Å². The summed E-state index contributed by atoms with van der Waals surface area (Å²) in [5.41, 5.74) is 1.16. The summed E-state index contributed by atoms with van der Waals surface area (Å²) in [7, 11) is 0. The maximum Gasteiger partial charge on any atom is 0.225 e. The van der Waals surface area contributed by atoms with E-state index >= 15 is 0 Å². The topological polar surface area (TPSA) is 70.6 Å². The van der Waals surface area contributed by atoms with Crippen LogP contribution in [0.5, 0.6) is 0 Å². The van der Waals surface area contributed by atoms with Gasteiger partial charge in [-0.3, -0.25) is 9.69 Å². The number of morpholine rings is 1. The molecule has 3 heterocycles. The minimum absolute atomic E-state index is 0.0283. The largest absolute Gasteiger partial charge is 0.379 e. The Labute approximate surface area is 182 Å². The van der Waals surface area contributed by atoms with E-state index in [2.05, 4.69) is 25.1 Å². The average Bonchev–Trinajstić information content (AvgIpc) is 2.81. The lowest BCUT2D eigenvalue weighted by Gasteiger charge is -2.36. The highest BCUT2D eigenvalue weighted by molar-refractivity contribution is 6.30. The van der Waals surface area contributed by atoms with Crippen molar-refractivity contribution in [2.75, 3.05) is 50.8 Å². The number of rotatable bonds is 6. The molecule has 0 saturated carbocycles. The molecule has 4 rings (SSSR count). The molecule has 0 aliphatic carbocycles. The predicted molar refractivity (Wildman–Crippen MR) is 117 cm³/mol. The number of anilines is 1. The van der Waals surface area contributed by atoms with Crippen LogP contribution in [-0.4, -0.2) is 66.7 Å². The fraction of sp³-hybridized carbons (Fsp3) is 0.500. The van der Waals surface area contributed by atoms with Gasteiger partial charge >= 0.3 is 0 Å². The minimum atomic E-state index is 0.0283. The van der Waals surface area contributed by atoms with E-state index in [4.69, 9.17) is 16.3 Å². The molecule has 1 unspecified atom stereocenters. The minimum Gasteiger partial charge on any atom is -0.379 e. The Bertz CT molecular complexity index is 806. The van der Waals surface area contributed by atoms with Gasteiger partial charge in [0.1, 0.15) is 0 Å². The van der Waals surface area contributed by atoms with Crippen molar-refractivity contribution in [1.82, 2.24) is 20.2 Å². The van der Waals surface area contributed by atoms with Crippen LogP contribution >= 0.6 is 11.6 Å². The number of nitrogens with one attached hydrogen (secondary N) is 1. The predicted octanol–water partition coefficient (Wildman–Crippen LogP) is 2.54. The molecular formula is C22H28ClN5O2. The van der Waals surface area contributed by atoms with E-state index in [0.717, 1.165) is 68.8 Å². The van der Waals surface area contributed by atoms with Crippen LogP contribution in [0.4, 0.5) is 5.95 Å². The van der Waals surface area contributed by atoms with Crippen LogP contribution in [0, 0.1) is 5.92 Å². The molecule has 7 nitrogen and oxygen atoms in total. The Morgan fingerprint density at radius 2 is 1.77 bits per heavy atom. The number of carbonyl (C=O) groups excluding carboxylic acids is 1. The standard InChI is InChI=1S/C22H28ClN5O2/c23-19-4-2-17(3-5-19)20(27-12-14-30-15-13-27)16-26-21(29)18-6-10-28(11-7-18)22-24-8-1-9-25-22/h1-5,8-9,18,20H,6-7,10-16H2,(H,26,29). The quantitative estimate of drug-likeness (QED) is 0.760. The maximum atomic E-state index is 12.9. The van der Waals surface area contributed by atoms with Crippen molar-refractivity contribution in [3.8, 4) is 0 Å². The molecule has 2 aliphatic rings. The number of hydrogen-bond acceptors (Lipinski definition) is 6. The number of carbonyl (C=O) groups is 1. The molecule has 1 atom stereocenters. The van der Waals surface area contributed by atoms with Gasteiger partial charge in [0, 0.05) is 56.1 Å². The number of hydrogen-bond donors (Lipinski definition) is 1. The molecule has 0 spiro atoms. The van der Waals surface area contributed by atoms with E-state index in [9.17, 15) is 4.79 Å². The highest BCUT2D eigenvalue weighted by Gasteiger charge is 2.28. The zero-order valence-corrected chi connectivity index (χ0v) is 17.8. The number of halogens is 1. The van der Waals surface area contributed by atoms with Crippen LogP contribution in [0.2, 0.25) is 5.02 Å². The second-order valence-electron chi connectivity index (χ2n) is 7.77. The lowest BCUT2D eigenvalue weighted by atomic mass is 9.95. The Morgan fingerprint density at radius 1 is 1.10 bits per heavy atom. The molecule has 2 saturated heterocycles. The van der Waals surface area contributed by atoms with E-state index in [0.29, 0.717) is 6.54 Å². The first-order valence-electron chi connectivity index (χ1n) is 10.6. The van der Waals surface area contributed by atoms with Gasteiger partial charge in [-0.15, -0.1) is 0 Å². The molecule has 0 radical (unpaired) electrons. The number of amides is 1. The first-order chi connectivity index (χ1) is 14.7. The first-order valence-corrected chi connectivity index (χ1v) is 11.0. The summed E-state index contributed by atoms with van der Waals surface area (Å²) in [6, 6.07) is 9.85. The average molecular weight is 430 g/mol. The molecule has 2 fully saturated rings. The van der Waals surface area contributed by atoms with Crippen molar-refractivity contribution in [1.29, 1.82) is 0 Å². The highest BCUT2D eigenvalue weighted by Crippen LogP contribution is 2.24. The van der Waals surface area contributed by atoms with Gasteiger partial charge in [0.25, 0.3) is 0 Å². The highest BCUT2D eigenvalue weighted by atomic mass is 35.5. The normalized spacial score (nSPS) is 19.4. The zero-order chi connectivity index (χ0) is 20.8. The molecular weight excluding hydrogens is 402 g/mol. The van der Waals surface area contributed by atoms with Crippen molar-refractivity contribution >= 4 is 23.5 Å². The lowest BCUT2D eigenvalue weighted by Crippen LogP contribution is -2.46. The van der Waals surface area contributed by atoms with Crippen LogP contribution in [-0.2, 0) is 9.53 Å². The molecule has 1 amide bonds. The van der Waals surface area contributed by atoms with E-state index in [-0.39, 0.29) is 17.9 Å². The van der Waals surface area contributed by atoms with E-state index in [1.165, 1.54) is 0 Å². The molecule has 1 N–H and O–H groups in total. The van der Waals surface area contributed by atoms with Crippen molar-refractivity contribution < 1.29 is 9.53 Å². The monoisotopic (exact) mass is 429 g/mol. The number of benzene rings is 1. The Hall–Kier alpha value is -2.22. The summed E-state index contributed by atoms with van der Waals surface area (Å²) in [6.07, 6.45) is 5.13. The summed E-state index contributed by atoms with van der Waals surface area (Å²) >= 11 is 6.07. The van der Waals surface area contributed by atoms with Gasteiger partial charge in [-0.25, -0.2) is 9.97 Å². The smallest absolute Gasteiger partial charge is 0.225 e. The number of piperidine rings is 1. The van der Waals surface area contributed by atoms with Gasteiger partial charge in [-0.2, -0.15) is 0 Å². The molecule has 1 aromatic heterocycles. The summed E-state index contributed by atoms with van der Waals surface area (Å²) < 4.78 is 5.51. The molecule has 160 valence electrons. The maximum absolute atomic E-state index is 12.9. The molecule has 0 bridgehead atoms. The summed E-state index contributed by atoms with van der Waals surface area (Å²) in [4.78, 5) is 26.0. The lowest BCUT2D eigenvalue weighted by molar-refractivity contribution is -0.126. The third-order valence-electron chi connectivity index (χ3n) is 5.91. The van der Waals surface area contributed by atoms with E-state index in [1.807, 2.05) is 30.3 Å². The van der Waals surface area contributed by atoms with Crippen molar-refractivity contribution in [3.05, 3.63) is 53.3 Å². The van der Waals surface area contributed by atoms with Gasteiger partial charge in [-0.05, 0) is 36.6 Å². The van der Waals surface area contributed by atoms with Crippen molar-refractivity contribution in [2.24, 2.45) is 5.92 Å². The van der Waals surface area contributed by atoms with E-state index < -0.39 is 0 Å². The van der Waals surface area contributed by atoms with Gasteiger partial charge in [0.2, 0.25) is 11.9 Å². The van der Waals surface area contributed by atoms with Crippen molar-refractivity contribution in [3.63, 3.8) is 0 Å². The first kappa shape index (κ1) is 21.0. The van der Waals surface area contributed by atoms with Crippen LogP contribution in [0.3, 0.4) is 0 Å². The SMILES string of the molecule is O=C(NCC(c1ccc(Cl)cc1)N1CCOCC1)C1CCN(c2ncccn2)CC1. The number of ether oxygens (including phenoxy) is 1. The summed E-state index contributed by atoms with van der Waals surface area (Å²) in [5.74, 6) is 0.905. The van der Waals surface area contributed by atoms with Gasteiger partial charge in [0.05, 0.1) is 19.3 Å². The Morgan fingerprint density at radius 3 is 2.43 bits per heavy atom.